The molecular weight excluding hydrogens is 423 g/mol. The van der Waals surface area contributed by atoms with E-state index in [4.69, 9.17) is 9.47 Å². The lowest BCUT2D eigenvalue weighted by Crippen LogP contribution is -2.17. The Balaban J connectivity index is 1.43. The zero-order valence-electron chi connectivity index (χ0n) is 17.8. The molecule has 6 nitrogen and oxygen atoms in total. The predicted molar refractivity (Wildman–Crippen MR) is 124 cm³/mol. The molecule has 4 rings (SSSR count). The molecule has 4 aromatic rings. The first-order chi connectivity index (χ1) is 16.0. The van der Waals surface area contributed by atoms with Crippen LogP contribution in [0.5, 0.6) is 17.2 Å². The van der Waals surface area contributed by atoms with Crippen molar-refractivity contribution in [2.24, 2.45) is 5.10 Å². The van der Waals surface area contributed by atoms with Crippen LogP contribution in [0.25, 0.3) is 10.8 Å². The lowest BCUT2D eigenvalue weighted by Gasteiger charge is -2.11. The van der Waals surface area contributed by atoms with E-state index in [0.717, 1.165) is 10.8 Å². The molecule has 0 aromatic heterocycles. The summed E-state index contributed by atoms with van der Waals surface area (Å²) in [6.45, 7) is 0.0573. The maximum Gasteiger partial charge on any atom is 0.275 e. The van der Waals surface area contributed by atoms with E-state index in [0.29, 0.717) is 22.6 Å². The number of halogens is 1. The van der Waals surface area contributed by atoms with Gasteiger partial charge >= 0.3 is 0 Å². The molecule has 0 bridgehead atoms. The van der Waals surface area contributed by atoms with Crippen molar-refractivity contribution in [1.82, 2.24) is 5.43 Å². The number of aromatic hydroxyl groups is 1. The highest BCUT2D eigenvalue weighted by atomic mass is 19.1. The van der Waals surface area contributed by atoms with Gasteiger partial charge in [0.25, 0.3) is 5.91 Å². The fourth-order valence-electron chi connectivity index (χ4n) is 3.29. The van der Waals surface area contributed by atoms with Gasteiger partial charge in [-0.05, 0) is 52.7 Å². The number of nitrogens with zero attached hydrogens (tertiary/aromatic N) is 1. The van der Waals surface area contributed by atoms with Crippen LogP contribution in [0.15, 0.2) is 84.0 Å². The monoisotopic (exact) mass is 444 g/mol. The van der Waals surface area contributed by atoms with E-state index in [-0.39, 0.29) is 23.7 Å². The summed E-state index contributed by atoms with van der Waals surface area (Å²) >= 11 is 0. The maximum absolute atomic E-state index is 13.8. The quantitative estimate of drug-likeness (QED) is 0.309. The molecule has 2 N–H and O–H groups in total. The van der Waals surface area contributed by atoms with E-state index >= 15 is 0 Å². The molecule has 0 radical (unpaired) electrons. The summed E-state index contributed by atoms with van der Waals surface area (Å²) in [6.07, 6.45) is 1.44. The summed E-state index contributed by atoms with van der Waals surface area (Å²) in [7, 11) is 1.50. The Kier molecular flexibility index (Phi) is 6.50. The minimum Gasteiger partial charge on any atom is -0.507 e. The van der Waals surface area contributed by atoms with Crippen molar-refractivity contribution in [1.29, 1.82) is 0 Å². The molecule has 0 atom stereocenters. The third-order valence-electron chi connectivity index (χ3n) is 5.02. The van der Waals surface area contributed by atoms with Gasteiger partial charge in [0.1, 0.15) is 18.2 Å². The third-order valence-corrected chi connectivity index (χ3v) is 5.02. The highest BCUT2D eigenvalue weighted by Gasteiger charge is 2.12. The number of benzene rings is 4. The average molecular weight is 444 g/mol. The van der Waals surface area contributed by atoms with E-state index in [1.807, 2.05) is 24.3 Å². The highest BCUT2D eigenvalue weighted by Crippen LogP contribution is 2.29. The summed E-state index contributed by atoms with van der Waals surface area (Å²) in [5.41, 5.74) is 3.62. The van der Waals surface area contributed by atoms with Gasteiger partial charge in [0.15, 0.2) is 11.5 Å². The van der Waals surface area contributed by atoms with Crippen LogP contribution in [0.1, 0.15) is 21.5 Å². The van der Waals surface area contributed by atoms with Gasteiger partial charge in [0.2, 0.25) is 0 Å². The van der Waals surface area contributed by atoms with Crippen molar-refractivity contribution >= 4 is 22.9 Å². The van der Waals surface area contributed by atoms with E-state index in [9.17, 15) is 14.3 Å². The second-order valence-corrected chi connectivity index (χ2v) is 7.21. The Labute approximate surface area is 189 Å². The molecule has 0 fully saturated rings. The summed E-state index contributed by atoms with van der Waals surface area (Å²) in [5, 5.41) is 15.8. The second-order valence-electron chi connectivity index (χ2n) is 7.21. The zero-order valence-corrected chi connectivity index (χ0v) is 17.8. The number of carbonyl (C=O) groups excluding carboxylic acids is 1. The number of rotatable bonds is 7. The van der Waals surface area contributed by atoms with Crippen molar-refractivity contribution in [2.75, 3.05) is 7.11 Å². The van der Waals surface area contributed by atoms with Crippen LogP contribution in [-0.4, -0.2) is 24.3 Å². The Morgan fingerprint density at radius 2 is 1.73 bits per heavy atom. The number of methoxy groups -OCH3 is 1. The number of hydrogen-bond acceptors (Lipinski definition) is 5. The number of hydrazone groups is 1. The number of hydrogen-bond donors (Lipinski definition) is 2. The first kappa shape index (κ1) is 21.8. The van der Waals surface area contributed by atoms with E-state index in [2.05, 4.69) is 10.5 Å². The standard InChI is InChI=1S/C26H21FN2O4/c1-32-25-12-17(10-11-24(25)33-16-20-8-4-5-9-22(20)27)15-28-29-26(31)21-13-18-6-2-3-7-19(18)14-23(21)30/h2-15,30H,16H2,1H3,(H,29,31)/b28-15+. The molecule has 0 aliphatic heterocycles. The minimum absolute atomic E-state index is 0.0573. The lowest BCUT2D eigenvalue weighted by atomic mass is 10.1. The number of amides is 1. The van der Waals surface area contributed by atoms with Crippen molar-refractivity contribution < 1.29 is 23.8 Å². The summed E-state index contributed by atoms with van der Waals surface area (Å²) in [5.74, 6) is -0.115. The fourth-order valence-corrected chi connectivity index (χ4v) is 3.29. The molecule has 4 aromatic carbocycles. The van der Waals surface area contributed by atoms with E-state index < -0.39 is 5.91 Å². The van der Waals surface area contributed by atoms with Crippen LogP contribution in [0, 0.1) is 5.82 Å². The summed E-state index contributed by atoms with van der Waals surface area (Å²) < 4.78 is 24.8. The molecular formula is C26H21FN2O4. The van der Waals surface area contributed by atoms with Gasteiger partial charge in [-0.3, -0.25) is 4.79 Å². The van der Waals surface area contributed by atoms with E-state index in [1.54, 1.807) is 48.5 Å². The van der Waals surface area contributed by atoms with E-state index in [1.165, 1.54) is 19.4 Å². The number of nitrogens with one attached hydrogen (secondary N) is 1. The first-order valence-corrected chi connectivity index (χ1v) is 10.1. The molecule has 0 saturated heterocycles. The number of phenols is 1. The van der Waals surface area contributed by atoms with Crippen LogP contribution in [0.3, 0.4) is 0 Å². The lowest BCUT2D eigenvalue weighted by molar-refractivity contribution is 0.0952. The second kappa shape index (κ2) is 9.82. The molecule has 0 saturated carbocycles. The summed E-state index contributed by atoms with van der Waals surface area (Å²) in [6, 6.07) is 22.0. The predicted octanol–water partition coefficient (Wildman–Crippen LogP) is 5.04. The normalized spacial score (nSPS) is 11.0. The molecule has 33 heavy (non-hydrogen) atoms. The molecule has 7 heteroatoms. The smallest absolute Gasteiger partial charge is 0.275 e. The molecule has 0 aliphatic carbocycles. The highest BCUT2D eigenvalue weighted by molar-refractivity contribution is 6.01. The van der Waals surface area contributed by atoms with Gasteiger partial charge in [-0.2, -0.15) is 5.10 Å². The fraction of sp³-hybridized carbons (Fsp3) is 0.0769. The van der Waals surface area contributed by atoms with Crippen molar-refractivity contribution in [2.45, 2.75) is 6.61 Å². The number of phenolic OH excluding ortho intramolecular Hbond substituents is 1. The van der Waals surface area contributed by atoms with Gasteiger partial charge in [0, 0.05) is 5.56 Å². The van der Waals surface area contributed by atoms with Crippen LogP contribution in [-0.2, 0) is 6.61 Å². The molecule has 0 aliphatic rings. The number of ether oxygens (including phenoxy) is 2. The average Bonchev–Trinajstić information content (AvgIpc) is 2.83. The van der Waals surface area contributed by atoms with Gasteiger partial charge in [0.05, 0.1) is 18.9 Å². The third kappa shape index (κ3) is 5.10. The zero-order chi connectivity index (χ0) is 23.2. The van der Waals surface area contributed by atoms with Crippen LogP contribution in [0.4, 0.5) is 4.39 Å². The molecule has 0 heterocycles. The van der Waals surface area contributed by atoms with Gasteiger partial charge in [-0.1, -0.05) is 42.5 Å². The molecule has 0 unspecified atom stereocenters. The Morgan fingerprint density at radius 3 is 2.48 bits per heavy atom. The minimum atomic E-state index is -0.536. The van der Waals surface area contributed by atoms with Crippen molar-refractivity contribution in [3.05, 3.63) is 101 Å². The van der Waals surface area contributed by atoms with Gasteiger partial charge in [-0.15, -0.1) is 0 Å². The largest absolute Gasteiger partial charge is 0.507 e. The number of carbonyl (C=O) groups is 1. The molecule has 1 amide bonds. The van der Waals surface area contributed by atoms with Gasteiger partial charge in [-0.25, -0.2) is 9.82 Å². The van der Waals surface area contributed by atoms with Crippen LogP contribution >= 0.6 is 0 Å². The summed E-state index contributed by atoms with van der Waals surface area (Å²) in [4.78, 5) is 12.5. The Hall–Kier alpha value is -4.39. The maximum atomic E-state index is 13.8. The van der Waals surface area contributed by atoms with Crippen LogP contribution < -0.4 is 14.9 Å². The topological polar surface area (TPSA) is 80.2 Å². The van der Waals surface area contributed by atoms with Gasteiger partial charge < -0.3 is 14.6 Å². The Morgan fingerprint density at radius 1 is 1.00 bits per heavy atom. The number of fused-ring (bicyclic) bond motifs is 1. The van der Waals surface area contributed by atoms with Crippen molar-refractivity contribution in [3.8, 4) is 17.2 Å². The molecule has 166 valence electrons. The van der Waals surface area contributed by atoms with Crippen molar-refractivity contribution in [3.63, 3.8) is 0 Å². The SMILES string of the molecule is COc1cc(/C=N/NC(=O)c2cc3ccccc3cc2O)ccc1OCc1ccccc1F. The first-order valence-electron chi connectivity index (χ1n) is 10.1. The van der Waals surface area contributed by atoms with Crippen LogP contribution in [0.2, 0.25) is 0 Å². The Bertz CT molecular complexity index is 1340. The molecule has 0 spiro atoms.